The molecular formula is C14H21N3O3. The first-order valence-corrected chi connectivity index (χ1v) is 6.94. The molecule has 6 heteroatoms. The number of piperidine rings is 1. The molecule has 1 saturated heterocycles. The molecule has 0 aromatic carbocycles. The number of nitrogens with two attached hydrogens (primary N) is 1. The molecule has 1 aromatic rings. The molecule has 20 heavy (non-hydrogen) atoms. The highest BCUT2D eigenvalue weighted by molar-refractivity contribution is 5.95. The highest BCUT2D eigenvalue weighted by atomic mass is 16.5. The van der Waals surface area contributed by atoms with Crippen LogP contribution < -0.4 is 10.6 Å². The van der Waals surface area contributed by atoms with Crippen molar-refractivity contribution < 1.29 is 14.6 Å². The Morgan fingerprint density at radius 2 is 2.25 bits per heavy atom. The zero-order valence-corrected chi connectivity index (χ0v) is 11.7. The van der Waals surface area contributed by atoms with E-state index in [-0.39, 0.29) is 6.61 Å². The minimum absolute atomic E-state index is 0.216. The Hall–Kier alpha value is -1.82. The molecule has 0 saturated carbocycles. The van der Waals surface area contributed by atoms with Gasteiger partial charge in [-0.15, -0.1) is 0 Å². The molecule has 1 fully saturated rings. The summed E-state index contributed by atoms with van der Waals surface area (Å²) in [6.45, 7) is 3.85. The summed E-state index contributed by atoms with van der Waals surface area (Å²) in [5, 5.41) is 9.17. The lowest BCUT2D eigenvalue weighted by molar-refractivity contribution is 0.0526. The molecule has 0 spiro atoms. The number of nitrogens with zero attached hydrogens (tertiary/aromatic N) is 2. The van der Waals surface area contributed by atoms with Gasteiger partial charge in [-0.25, -0.2) is 9.78 Å². The molecule has 0 amide bonds. The number of hydrogen-bond donors (Lipinski definition) is 2. The van der Waals surface area contributed by atoms with Crippen molar-refractivity contribution >= 4 is 17.5 Å². The van der Waals surface area contributed by atoms with E-state index in [9.17, 15) is 9.90 Å². The van der Waals surface area contributed by atoms with Crippen LogP contribution in [0.15, 0.2) is 12.3 Å². The maximum Gasteiger partial charge on any atom is 0.341 e. The van der Waals surface area contributed by atoms with Crippen LogP contribution in [0.5, 0.6) is 0 Å². The van der Waals surface area contributed by atoms with Crippen molar-refractivity contribution in [1.29, 1.82) is 0 Å². The van der Waals surface area contributed by atoms with Gasteiger partial charge in [0.15, 0.2) is 0 Å². The number of anilines is 2. The Bertz CT molecular complexity index is 471. The number of pyridine rings is 1. The van der Waals surface area contributed by atoms with E-state index in [1.165, 1.54) is 0 Å². The highest BCUT2D eigenvalue weighted by Crippen LogP contribution is 2.26. The molecule has 2 rings (SSSR count). The van der Waals surface area contributed by atoms with E-state index in [0.29, 0.717) is 29.6 Å². The Morgan fingerprint density at radius 3 is 2.85 bits per heavy atom. The predicted octanol–water partition coefficient (Wildman–Crippen LogP) is 1.05. The number of esters is 1. The number of nitrogen functional groups attached to an aromatic ring is 1. The number of ether oxygens (including phenoxy) is 1. The molecule has 1 aliphatic heterocycles. The van der Waals surface area contributed by atoms with Crippen molar-refractivity contribution in [3.05, 3.63) is 17.8 Å². The molecule has 1 aliphatic rings. The van der Waals surface area contributed by atoms with E-state index >= 15 is 0 Å². The van der Waals surface area contributed by atoms with Gasteiger partial charge in [-0.05, 0) is 31.7 Å². The van der Waals surface area contributed by atoms with Crippen LogP contribution in [0.4, 0.5) is 11.5 Å². The first-order valence-electron chi connectivity index (χ1n) is 6.94. The normalized spacial score (nSPS) is 16.2. The Kier molecular flexibility index (Phi) is 4.79. The minimum Gasteiger partial charge on any atom is -0.462 e. The monoisotopic (exact) mass is 279 g/mol. The first-order chi connectivity index (χ1) is 9.65. The van der Waals surface area contributed by atoms with Gasteiger partial charge in [0.05, 0.1) is 18.5 Å². The zero-order chi connectivity index (χ0) is 14.5. The summed E-state index contributed by atoms with van der Waals surface area (Å²) in [6, 6.07) is 1.61. The molecule has 3 N–H and O–H groups in total. The van der Waals surface area contributed by atoms with E-state index in [4.69, 9.17) is 10.5 Å². The second kappa shape index (κ2) is 6.56. The summed E-state index contributed by atoms with van der Waals surface area (Å²) in [4.78, 5) is 18.3. The number of aliphatic hydroxyl groups excluding tert-OH is 1. The second-order valence-corrected chi connectivity index (χ2v) is 4.97. The van der Waals surface area contributed by atoms with Crippen molar-refractivity contribution in [2.24, 2.45) is 5.92 Å². The average molecular weight is 279 g/mol. The van der Waals surface area contributed by atoms with Crippen LogP contribution in [0, 0.1) is 5.92 Å². The summed E-state index contributed by atoms with van der Waals surface area (Å²) < 4.78 is 5.06. The smallest absolute Gasteiger partial charge is 0.341 e. The van der Waals surface area contributed by atoms with Crippen molar-refractivity contribution in [2.75, 3.05) is 36.9 Å². The van der Waals surface area contributed by atoms with E-state index in [0.717, 1.165) is 25.9 Å². The number of aliphatic hydroxyl groups is 1. The van der Waals surface area contributed by atoms with Gasteiger partial charge >= 0.3 is 5.97 Å². The van der Waals surface area contributed by atoms with Gasteiger partial charge in [0, 0.05) is 19.7 Å². The number of hydrogen-bond acceptors (Lipinski definition) is 6. The molecule has 0 unspecified atom stereocenters. The van der Waals surface area contributed by atoms with Crippen LogP contribution >= 0.6 is 0 Å². The van der Waals surface area contributed by atoms with Crippen LogP contribution in [-0.4, -0.2) is 42.4 Å². The fourth-order valence-electron chi connectivity index (χ4n) is 2.41. The molecule has 1 aromatic heterocycles. The van der Waals surface area contributed by atoms with Crippen molar-refractivity contribution in [3.8, 4) is 0 Å². The summed E-state index contributed by atoms with van der Waals surface area (Å²) in [6.07, 6.45) is 3.34. The summed E-state index contributed by atoms with van der Waals surface area (Å²) in [5.41, 5.74) is 6.57. The highest BCUT2D eigenvalue weighted by Gasteiger charge is 2.24. The predicted molar refractivity (Wildman–Crippen MR) is 76.6 cm³/mol. The van der Waals surface area contributed by atoms with Crippen LogP contribution in [0.1, 0.15) is 30.1 Å². The van der Waals surface area contributed by atoms with Crippen LogP contribution in [0.25, 0.3) is 0 Å². The molecule has 0 radical (unpaired) electrons. The van der Waals surface area contributed by atoms with Crippen molar-refractivity contribution in [1.82, 2.24) is 4.98 Å². The quantitative estimate of drug-likeness (QED) is 0.801. The maximum atomic E-state index is 12.0. The fourth-order valence-corrected chi connectivity index (χ4v) is 2.41. The molecule has 0 bridgehead atoms. The van der Waals surface area contributed by atoms with Crippen molar-refractivity contribution in [2.45, 2.75) is 19.8 Å². The van der Waals surface area contributed by atoms with Crippen molar-refractivity contribution in [3.63, 3.8) is 0 Å². The maximum absolute atomic E-state index is 12.0. The molecular weight excluding hydrogens is 258 g/mol. The summed E-state index contributed by atoms with van der Waals surface area (Å²) >= 11 is 0. The lowest BCUT2D eigenvalue weighted by Crippen LogP contribution is -2.36. The van der Waals surface area contributed by atoms with Crippen LogP contribution in [0.2, 0.25) is 0 Å². The topological polar surface area (TPSA) is 88.7 Å². The van der Waals surface area contributed by atoms with Gasteiger partial charge in [0.2, 0.25) is 0 Å². The Morgan fingerprint density at radius 1 is 1.55 bits per heavy atom. The standard InChI is InChI=1S/C14H21N3O3/c1-2-20-14(19)12-7-11(15)8-16-13(12)17-5-3-10(9-18)4-6-17/h7-8,10,18H,2-6,9,15H2,1H3. The number of carbonyl (C=O) groups is 1. The number of carbonyl (C=O) groups excluding carboxylic acids is 1. The Labute approximate surface area is 118 Å². The molecule has 2 heterocycles. The minimum atomic E-state index is -0.397. The van der Waals surface area contributed by atoms with Gasteiger partial charge in [0.25, 0.3) is 0 Å². The third kappa shape index (κ3) is 3.19. The molecule has 6 nitrogen and oxygen atoms in total. The van der Waals surface area contributed by atoms with E-state index in [2.05, 4.69) is 9.88 Å². The van der Waals surface area contributed by atoms with Gasteiger partial charge in [-0.2, -0.15) is 0 Å². The van der Waals surface area contributed by atoms with E-state index in [1.807, 2.05) is 0 Å². The summed E-state index contributed by atoms with van der Waals surface area (Å²) in [7, 11) is 0. The Balaban J connectivity index is 2.21. The average Bonchev–Trinajstić information content (AvgIpc) is 2.47. The molecule has 0 aliphatic carbocycles. The van der Waals surface area contributed by atoms with Crippen LogP contribution in [-0.2, 0) is 4.74 Å². The van der Waals surface area contributed by atoms with E-state index < -0.39 is 5.97 Å². The second-order valence-electron chi connectivity index (χ2n) is 4.97. The number of rotatable bonds is 4. The summed E-state index contributed by atoms with van der Waals surface area (Å²) in [5.74, 6) is 0.562. The lowest BCUT2D eigenvalue weighted by atomic mass is 9.97. The largest absolute Gasteiger partial charge is 0.462 e. The number of aromatic nitrogens is 1. The van der Waals surface area contributed by atoms with Gasteiger partial charge in [-0.3, -0.25) is 0 Å². The zero-order valence-electron chi connectivity index (χ0n) is 11.7. The lowest BCUT2D eigenvalue weighted by Gasteiger charge is -2.32. The van der Waals surface area contributed by atoms with E-state index in [1.54, 1.807) is 19.2 Å². The van der Waals surface area contributed by atoms with Crippen LogP contribution in [0.3, 0.4) is 0 Å². The van der Waals surface area contributed by atoms with Gasteiger partial charge in [-0.1, -0.05) is 0 Å². The van der Waals surface area contributed by atoms with Gasteiger partial charge in [0.1, 0.15) is 11.4 Å². The first kappa shape index (κ1) is 14.6. The third-order valence-corrected chi connectivity index (χ3v) is 3.56. The molecule has 0 atom stereocenters. The molecule has 110 valence electrons. The SMILES string of the molecule is CCOC(=O)c1cc(N)cnc1N1CCC(CO)CC1. The third-order valence-electron chi connectivity index (χ3n) is 3.56. The fraction of sp³-hybridized carbons (Fsp3) is 0.571. The van der Waals surface area contributed by atoms with Gasteiger partial charge < -0.3 is 20.5 Å².